The first kappa shape index (κ1) is 8.01. The van der Waals surface area contributed by atoms with Crippen molar-refractivity contribution in [2.45, 2.75) is 18.4 Å². The molecule has 1 aliphatic carbocycles. The number of carbonyl (C=O) groups is 1. The number of hydrogen-bond acceptors (Lipinski definition) is 3. The van der Waals surface area contributed by atoms with E-state index in [1.807, 2.05) is 0 Å². The van der Waals surface area contributed by atoms with Crippen LogP contribution in [-0.2, 0) is 4.79 Å². The molecule has 3 atom stereocenters. The van der Waals surface area contributed by atoms with Gasteiger partial charge in [0.05, 0.1) is 0 Å². The van der Waals surface area contributed by atoms with Crippen molar-refractivity contribution in [3.63, 3.8) is 0 Å². The molecule has 1 aliphatic heterocycles. The molecule has 3 unspecified atom stereocenters. The molecule has 4 N–H and O–H groups in total. The maximum Gasteiger partial charge on any atom is 0.324 e. The molecule has 2 rings (SSSR count). The van der Waals surface area contributed by atoms with Gasteiger partial charge in [-0.15, -0.1) is 0 Å². The second kappa shape index (κ2) is 2.44. The van der Waals surface area contributed by atoms with Crippen LogP contribution in [0.25, 0.3) is 0 Å². The van der Waals surface area contributed by atoms with E-state index in [1.165, 1.54) is 0 Å². The Morgan fingerprint density at radius 2 is 2.33 bits per heavy atom. The van der Waals surface area contributed by atoms with Crippen LogP contribution in [0, 0.1) is 11.8 Å². The van der Waals surface area contributed by atoms with E-state index in [2.05, 4.69) is 5.32 Å². The number of carboxylic acid groups (broad SMARTS) is 1. The zero-order valence-electron chi connectivity index (χ0n) is 6.92. The smallest absolute Gasteiger partial charge is 0.324 e. The highest BCUT2D eigenvalue weighted by Gasteiger charge is 2.52. The minimum Gasteiger partial charge on any atom is -0.480 e. The molecular formula is C8H14N2O2. The fourth-order valence-electron chi connectivity index (χ4n) is 2.51. The summed E-state index contributed by atoms with van der Waals surface area (Å²) < 4.78 is 0. The summed E-state index contributed by atoms with van der Waals surface area (Å²) in [6.07, 6.45) is 1.60. The van der Waals surface area contributed by atoms with Crippen LogP contribution >= 0.6 is 0 Å². The maximum absolute atomic E-state index is 10.9. The number of nitrogens with two attached hydrogens (primary N) is 1. The Morgan fingerprint density at radius 3 is 3.00 bits per heavy atom. The molecule has 2 fully saturated rings. The molecule has 12 heavy (non-hydrogen) atoms. The lowest BCUT2D eigenvalue weighted by Crippen LogP contribution is -2.52. The molecule has 4 nitrogen and oxygen atoms in total. The van der Waals surface area contributed by atoms with Crippen molar-refractivity contribution in [1.29, 1.82) is 0 Å². The summed E-state index contributed by atoms with van der Waals surface area (Å²) in [5.41, 5.74) is 4.90. The van der Waals surface area contributed by atoms with Crippen LogP contribution in [0.1, 0.15) is 12.8 Å². The quantitative estimate of drug-likeness (QED) is 0.491. The Balaban J connectivity index is 2.22. The van der Waals surface area contributed by atoms with Gasteiger partial charge in [-0.25, -0.2) is 0 Å². The third-order valence-electron chi connectivity index (χ3n) is 3.33. The lowest BCUT2D eigenvalue weighted by molar-refractivity contribution is -0.144. The van der Waals surface area contributed by atoms with Crippen molar-refractivity contribution in [2.24, 2.45) is 17.6 Å². The Bertz CT molecular complexity index is 219. The fraction of sp³-hybridized carbons (Fsp3) is 0.875. The zero-order valence-corrected chi connectivity index (χ0v) is 6.92. The van der Waals surface area contributed by atoms with Gasteiger partial charge in [-0.3, -0.25) is 4.79 Å². The van der Waals surface area contributed by atoms with Gasteiger partial charge in [0, 0.05) is 12.5 Å². The first-order chi connectivity index (χ1) is 5.64. The van der Waals surface area contributed by atoms with Gasteiger partial charge in [0.15, 0.2) is 0 Å². The van der Waals surface area contributed by atoms with Gasteiger partial charge in [-0.05, 0) is 25.3 Å². The van der Waals surface area contributed by atoms with E-state index in [1.54, 1.807) is 0 Å². The third kappa shape index (κ3) is 0.881. The van der Waals surface area contributed by atoms with E-state index in [4.69, 9.17) is 10.8 Å². The molecule has 0 aromatic carbocycles. The molecule has 1 saturated heterocycles. The van der Waals surface area contributed by atoms with Crippen LogP contribution in [0.4, 0.5) is 0 Å². The topological polar surface area (TPSA) is 75.4 Å². The summed E-state index contributed by atoms with van der Waals surface area (Å²) in [5, 5.41) is 12.2. The van der Waals surface area contributed by atoms with E-state index < -0.39 is 11.5 Å². The molecule has 2 aliphatic rings. The van der Waals surface area contributed by atoms with Gasteiger partial charge in [0.25, 0.3) is 0 Å². The van der Waals surface area contributed by atoms with Crippen molar-refractivity contribution in [3.8, 4) is 0 Å². The highest BCUT2D eigenvalue weighted by Crippen LogP contribution is 2.40. The molecule has 0 spiro atoms. The van der Waals surface area contributed by atoms with Crippen LogP contribution < -0.4 is 11.1 Å². The average molecular weight is 170 g/mol. The normalized spacial score (nSPS) is 46.1. The van der Waals surface area contributed by atoms with Gasteiger partial charge in [-0.2, -0.15) is 0 Å². The average Bonchev–Trinajstić information content (AvgIpc) is 2.54. The van der Waals surface area contributed by atoms with Gasteiger partial charge in [-0.1, -0.05) is 0 Å². The Morgan fingerprint density at radius 1 is 1.58 bits per heavy atom. The van der Waals surface area contributed by atoms with E-state index in [-0.39, 0.29) is 5.92 Å². The van der Waals surface area contributed by atoms with Gasteiger partial charge < -0.3 is 16.2 Å². The van der Waals surface area contributed by atoms with Crippen molar-refractivity contribution in [3.05, 3.63) is 0 Å². The predicted molar refractivity (Wildman–Crippen MR) is 43.6 cm³/mol. The summed E-state index contributed by atoms with van der Waals surface area (Å²) in [5.74, 6) is -0.195. The number of rotatable bonds is 1. The lowest BCUT2D eigenvalue weighted by atomic mass is 9.86. The summed E-state index contributed by atoms with van der Waals surface area (Å²) in [6, 6.07) is 0. The van der Waals surface area contributed by atoms with E-state index in [0.717, 1.165) is 19.5 Å². The maximum atomic E-state index is 10.9. The monoisotopic (exact) mass is 170 g/mol. The van der Waals surface area contributed by atoms with Crippen LogP contribution in [0.2, 0.25) is 0 Å². The van der Waals surface area contributed by atoms with E-state index in [0.29, 0.717) is 12.3 Å². The van der Waals surface area contributed by atoms with Crippen molar-refractivity contribution >= 4 is 5.97 Å². The first-order valence-corrected chi connectivity index (χ1v) is 4.37. The second-order valence-electron chi connectivity index (χ2n) is 3.91. The number of nitrogens with one attached hydrogen (secondary N) is 1. The number of aliphatic carboxylic acids is 1. The Hall–Kier alpha value is -0.610. The molecule has 0 amide bonds. The molecule has 4 heteroatoms. The van der Waals surface area contributed by atoms with E-state index >= 15 is 0 Å². The van der Waals surface area contributed by atoms with Gasteiger partial charge in [0.1, 0.15) is 5.54 Å². The molecule has 68 valence electrons. The largest absolute Gasteiger partial charge is 0.480 e. The molecule has 1 heterocycles. The molecule has 0 radical (unpaired) electrons. The number of hydrogen-bond donors (Lipinski definition) is 3. The zero-order chi connectivity index (χ0) is 8.77. The minimum absolute atomic E-state index is 0.148. The molecule has 0 aromatic heterocycles. The number of fused-ring (bicyclic) bond motifs is 1. The molecular weight excluding hydrogens is 156 g/mol. The van der Waals surface area contributed by atoms with Gasteiger partial charge >= 0.3 is 5.97 Å². The van der Waals surface area contributed by atoms with Crippen LogP contribution in [0.5, 0.6) is 0 Å². The van der Waals surface area contributed by atoms with Crippen molar-refractivity contribution in [2.75, 3.05) is 13.1 Å². The summed E-state index contributed by atoms with van der Waals surface area (Å²) in [4.78, 5) is 10.9. The highest BCUT2D eigenvalue weighted by atomic mass is 16.4. The summed E-state index contributed by atoms with van der Waals surface area (Å²) >= 11 is 0. The lowest BCUT2D eigenvalue weighted by Gasteiger charge is -2.25. The molecule has 1 saturated carbocycles. The SMILES string of the molecule is NC1(C(=O)O)CCC2CNCC21. The highest BCUT2D eigenvalue weighted by molar-refractivity contribution is 5.79. The first-order valence-electron chi connectivity index (χ1n) is 4.37. The van der Waals surface area contributed by atoms with Crippen molar-refractivity contribution < 1.29 is 9.90 Å². The summed E-state index contributed by atoms with van der Waals surface area (Å²) in [7, 11) is 0. The molecule has 0 bridgehead atoms. The summed E-state index contributed by atoms with van der Waals surface area (Å²) in [6.45, 7) is 1.71. The van der Waals surface area contributed by atoms with Crippen LogP contribution in [-0.4, -0.2) is 29.7 Å². The Kier molecular flexibility index (Phi) is 1.63. The fourth-order valence-corrected chi connectivity index (χ4v) is 2.51. The second-order valence-corrected chi connectivity index (χ2v) is 3.91. The van der Waals surface area contributed by atoms with Crippen molar-refractivity contribution in [1.82, 2.24) is 5.32 Å². The van der Waals surface area contributed by atoms with E-state index in [9.17, 15) is 4.79 Å². The molecule has 0 aromatic rings. The predicted octanol–water partition coefficient (Wildman–Crippen LogP) is -0.602. The van der Waals surface area contributed by atoms with Crippen LogP contribution in [0.3, 0.4) is 0 Å². The minimum atomic E-state index is -0.950. The Labute approximate surface area is 71.1 Å². The van der Waals surface area contributed by atoms with Crippen LogP contribution in [0.15, 0.2) is 0 Å². The van der Waals surface area contributed by atoms with Gasteiger partial charge in [0.2, 0.25) is 0 Å². The standard InChI is InChI=1S/C8H14N2O2/c9-8(7(11)12)2-1-5-3-10-4-6(5)8/h5-6,10H,1-4,9H2,(H,11,12). The number of carboxylic acids is 1. The third-order valence-corrected chi connectivity index (χ3v) is 3.33.